The lowest BCUT2D eigenvalue weighted by atomic mass is 9.48. The highest BCUT2D eigenvalue weighted by atomic mass is 16.5. The highest BCUT2D eigenvalue weighted by molar-refractivity contribution is 5.58. The number of hydrogen-bond acceptors (Lipinski definition) is 6. The summed E-state index contributed by atoms with van der Waals surface area (Å²) in [5.74, 6) is 3.89. The summed E-state index contributed by atoms with van der Waals surface area (Å²) in [6.45, 7) is 0. The minimum absolute atomic E-state index is 0.0835. The number of aromatic nitrogens is 2. The zero-order valence-corrected chi connectivity index (χ0v) is 18.5. The van der Waals surface area contributed by atoms with Gasteiger partial charge >= 0.3 is 0 Å². The molecule has 0 saturated heterocycles. The average molecular weight is 433 g/mol. The summed E-state index contributed by atoms with van der Waals surface area (Å²) >= 11 is 0. The minimum atomic E-state index is -0.356. The van der Waals surface area contributed by atoms with E-state index in [4.69, 9.17) is 19.9 Å². The van der Waals surface area contributed by atoms with Crippen LogP contribution in [0, 0.1) is 29.1 Å². The number of rotatable bonds is 4. The number of nitrogens with zero attached hydrogens (tertiary/aromatic N) is 2. The Bertz CT molecular complexity index is 1120. The van der Waals surface area contributed by atoms with Crippen LogP contribution < -0.4 is 19.9 Å². The van der Waals surface area contributed by atoms with Crippen LogP contribution in [0.2, 0.25) is 0 Å². The van der Waals surface area contributed by atoms with Gasteiger partial charge in [0.15, 0.2) is 11.5 Å². The molecule has 5 aliphatic rings. The SMILES string of the molecule is COc1ccc([C@H]2C(C#N)=C(N)Oc3n[nH]c(C45CC6CC(CC(C6)C4)C5)c32)cc1OC. The van der Waals surface area contributed by atoms with Crippen LogP contribution in [0.25, 0.3) is 0 Å². The first kappa shape index (κ1) is 19.5. The Kier molecular flexibility index (Phi) is 4.23. The first-order chi connectivity index (χ1) is 15.5. The third kappa shape index (κ3) is 2.68. The molecule has 7 heteroatoms. The van der Waals surface area contributed by atoms with Gasteiger partial charge in [0.1, 0.15) is 11.6 Å². The van der Waals surface area contributed by atoms with Crippen LogP contribution in [0.15, 0.2) is 29.7 Å². The largest absolute Gasteiger partial charge is 0.493 e. The Morgan fingerprint density at radius 1 is 1.09 bits per heavy atom. The standard InChI is InChI=1S/C25H28N4O3/c1-30-18-4-3-16(8-19(18)31-2)20-17(12-26)23(27)32-24-21(20)22(28-29-24)25-9-13-5-14(10-25)7-15(6-13)11-25/h3-4,8,13-15,20H,5-7,9-11,27H2,1-2H3,(H,28,29)/t13?,14?,15?,20-,25?/m0/s1. The summed E-state index contributed by atoms with van der Waals surface area (Å²) < 4.78 is 16.8. The zero-order valence-electron chi connectivity index (χ0n) is 18.5. The number of aromatic amines is 1. The fourth-order valence-electron chi connectivity index (χ4n) is 7.43. The van der Waals surface area contributed by atoms with Gasteiger partial charge in [-0.3, -0.25) is 5.10 Å². The molecular weight excluding hydrogens is 404 g/mol. The van der Waals surface area contributed by atoms with E-state index in [0.29, 0.717) is 23.0 Å². The van der Waals surface area contributed by atoms with Gasteiger partial charge in [0, 0.05) is 11.1 Å². The smallest absolute Gasteiger partial charge is 0.244 e. The number of nitrogens with two attached hydrogens (primary N) is 1. The number of ether oxygens (including phenoxy) is 3. The van der Waals surface area contributed by atoms with E-state index < -0.39 is 0 Å². The molecule has 2 aromatic rings. The monoisotopic (exact) mass is 432 g/mol. The lowest BCUT2D eigenvalue weighted by Crippen LogP contribution is -2.49. The maximum absolute atomic E-state index is 10.1. The lowest BCUT2D eigenvalue weighted by molar-refractivity contribution is -0.00768. The second-order valence-electron chi connectivity index (χ2n) is 10.1. The third-order valence-electron chi connectivity index (χ3n) is 8.25. The van der Waals surface area contributed by atoms with Crippen molar-refractivity contribution in [3.63, 3.8) is 0 Å². The van der Waals surface area contributed by atoms with Crippen LogP contribution in [0.4, 0.5) is 0 Å². The number of methoxy groups -OCH3 is 2. The fourth-order valence-corrected chi connectivity index (χ4v) is 7.43. The molecule has 4 aliphatic carbocycles. The summed E-state index contributed by atoms with van der Waals surface area (Å²) in [6.07, 6.45) is 7.65. The van der Waals surface area contributed by atoms with Crippen LogP contribution in [0.5, 0.6) is 17.4 Å². The molecule has 7 rings (SSSR count). The van der Waals surface area contributed by atoms with Crippen molar-refractivity contribution in [3.05, 3.63) is 46.5 Å². The molecule has 4 fully saturated rings. The second kappa shape index (κ2) is 6.93. The number of fused-ring (bicyclic) bond motifs is 1. The molecule has 166 valence electrons. The van der Waals surface area contributed by atoms with E-state index >= 15 is 0 Å². The highest BCUT2D eigenvalue weighted by Gasteiger charge is 2.54. The summed E-state index contributed by atoms with van der Waals surface area (Å²) in [5.41, 5.74) is 9.72. The summed E-state index contributed by atoms with van der Waals surface area (Å²) in [4.78, 5) is 0. The maximum Gasteiger partial charge on any atom is 0.244 e. The predicted molar refractivity (Wildman–Crippen MR) is 117 cm³/mol. The number of nitrogens with one attached hydrogen (secondary N) is 1. The Hall–Kier alpha value is -3.14. The molecule has 1 atom stereocenters. The van der Waals surface area contributed by atoms with Gasteiger partial charge in [-0.1, -0.05) is 6.07 Å². The van der Waals surface area contributed by atoms with Gasteiger partial charge in [0.2, 0.25) is 11.8 Å². The summed E-state index contributed by atoms with van der Waals surface area (Å²) in [7, 11) is 3.23. The van der Waals surface area contributed by atoms with Gasteiger partial charge in [-0.2, -0.15) is 5.26 Å². The van der Waals surface area contributed by atoms with Crippen molar-refractivity contribution in [2.24, 2.45) is 23.5 Å². The third-order valence-corrected chi connectivity index (χ3v) is 8.25. The van der Waals surface area contributed by atoms with E-state index in [2.05, 4.69) is 16.3 Å². The van der Waals surface area contributed by atoms with Gasteiger partial charge in [0.25, 0.3) is 0 Å². The Labute approximate surface area is 187 Å². The van der Waals surface area contributed by atoms with Gasteiger partial charge in [0.05, 0.1) is 25.7 Å². The van der Waals surface area contributed by atoms with E-state index in [1.54, 1.807) is 14.2 Å². The number of allylic oxidation sites excluding steroid dienone is 1. The van der Waals surface area contributed by atoms with Crippen LogP contribution in [0.3, 0.4) is 0 Å². The molecule has 0 unspecified atom stereocenters. The van der Waals surface area contributed by atoms with E-state index in [1.165, 1.54) is 38.5 Å². The van der Waals surface area contributed by atoms with Gasteiger partial charge < -0.3 is 19.9 Å². The zero-order chi connectivity index (χ0) is 22.0. The van der Waals surface area contributed by atoms with Crippen molar-refractivity contribution >= 4 is 0 Å². The molecule has 2 heterocycles. The predicted octanol–water partition coefficient (Wildman–Crippen LogP) is 4.11. The number of hydrogen-bond donors (Lipinski definition) is 2. The van der Waals surface area contributed by atoms with Crippen molar-refractivity contribution in [3.8, 4) is 23.4 Å². The maximum atomic E-state index is 10.1. The highest BCUT2D eigenvalue weighted by Crippen LogP contribution is 2.62. The van der Waals surface area contributed by atoms with E-state index in [9.17, 15) is 5.26 Å². The molecule has 32 heavy (non-hydrogen) atoms. The number of benzene rings is 1. The molecule has 0 spiro atoms. The Morgan fingerprint density at radius 3 is 2.34 bits per heavy atom. The van der Waals surface area contributed by atoms with Gasteiger partial charge in [-0.05, 0) is 74.0 Å². The Morgan fingerprint density at radius 2 is 1.75 bits per heavy atom. The number of H-pyrrole nitrogens is 1. The quantitative estimate of drug-likeness (QED) is 0.753. The molecular formula is C25H28N4O3. The molecule has 7 nitrogen and oxygen atoms in total. The minimum Gasteiger partial charge on any atom is -0.493 e. The first-order valence-electron chi connectivity index (χ1n) is 11.4. The van der Waals surface area contributed by atoms with E-state index in [1.807, 2.05) is 18.2 Å². The number of nitriles is 1. The average Bonchev–Trinajstić information content (AvgIpc) is 3.21. The molecule has 1 aromatic carbocycles. The fraction of sp³-hybridized carbons (Fsp3) is 0.520. The molecule has 1 aliphatic heterocycles. The van der Waals surface area contributed by atoms with E-state index in [0.717, 1.165) is 34.6 Å². The van der Waals surface area contributed by atoms with Gasteiger partial charge in [-0.25, -0.2) is 0 Å². The molecule has 3 N–H and O–H groups in total. The van der Waals surface area contributed by atoms with Crippen LogP contribution in [0.1, 0.15) is 61.3 Å². The van der Waals surface area contributed by atoms with Crippen LogP contribution in [-0.2, 0) is 5.41 Å². The van der Waals surface area contributed by atoms with Gasteiger partial charge in [-0.15, -0.1) is 5.10 Å². The summed E-state index contributed by atoms with van der Waals surface area (Å²) in [5, 5.41) is 18.0. The van der Waals surface area contributed by atoms with Crippen LogP contribution >= 0.6 is 0 Å². The van der Waals surface area contributed by atoms with E-state index in [-0.39, 0.29) is 17.2 Å². The molecule has 4 bridgehead atoms. The van der Waals surface area contributed by atoms with Crippen molar-refractivity contribution in [2.75, 3.05) is 14.2 Å². The first-order valence-corrected chi connectivity index (χ1v) is 11.4. The second-order valence-corrected chi connectivity index (χ2v) is 10.1. The van der Waals surface area contributed by atoms with Crippen molar-refractivity contribution in [2.45, 2.75) is 49.9 Å². The topological polar surface area (TPSA) is 106 Å². The summed E-state index contributed by atoms with van der Waals surface area (Å²) in [6, 6.07) is 8.09. The molecule has 1 aromatic heterocycles. The normalized spacial score (nSPS) is 32.3. The molecule has 0 radical (unpaired) electrons. The van der Waals surface area contributed by atoms with Crippen molar-refractivity contribution in [1.82, 2.24) is 10.2 Å². The van der Waals surface area contributed by atoms with Crippen LogP contribution in [-0.4, -0.2) is 24.4 Å². The van der Waals surface area contributed by atoms with Crippen molar-refractivity contribution < 1.29 is 14.2 Å². The molecule has 0 amide bonds. The Balaban J connectivity index is 1.52. The lowest BCUT2D eigenvalue weighted by Gasteiger charge is -2.56. The van der Waals surface area contributed by atoms with Crippen molar-refractivity contribution in [1.29, 1.82) is 5.26 Å². The molecule has 4 saturated carbocycles.